The monoisotopic (exact) mass is 861 g/mol. The minimum atomic E-state index is -5.08. The highest BCUT2D eigenvalue weighted by atomic mass is 19.4. The Morgan fingerprint density at radius 2 is 1.50 bits per heavy atom. The fourth-order valence-electron chi connectivity index (χ4n) is 8.56. The first-order valence-corrected chi connectivity index (χ1v) is 20.5. The number of anilines is 1. The fraction of sp³-hybridized carbons (Fsp3) is 0.442. The van der Waals surface area contributed by atoms with Crippen molar-refractivity contribution in [2.45, 2.75) is 95.1 Å². The molecule has 0 radical (unpaired) electrons. The molecule has 1 aromatic heterocycles. The molecule has 2 bridgehead atoms. The maximum Gasteiger partial charge on any atom is 0.490 e. The predicted octanol–water partition coefficient (Wildman–Crippen LogP) is 5.57. The smallest absolute Gasteiger partial charge is 0.475 e. The number of hydrogen-bond donors (Lipinski definition) is 7. The van der Waals surface area contributed by atoms with Gasteiger partial charge in [-0.15, -0.1) is 10.2 Å². The second-order valence-electron chi connectivity index (χ2n) is 16.2. The number of tetrazole rings is 1. The van der Waals surface area contributed by atoms with E-state index in [9.17, 15) is 32.3 Å². The number of nitrogens with one attached hydrogen (secondary N) is 5. The Labute approximate surface area is 355 Å². The molecular weight excluding hydrogens is 812 g/mol. The average molecular weight is 862 g/mol. The quantitative estimate of drug-likeness (QED) is 0.0931. The summed E-state index contributed by atoms with van der Waals surface area (Å²) in [5.41, 5.74) is 5.82. The lowest BCUT2D eigenvalue weighted by atomic mass is 9.81. The molecule has 16 nitrogen and oxygen atoms in total. The van der Waals surface area contributed by atoms with Crippen LogP contribution in [0, 0.1) is 18.8 Å². The number of alkyl halides is 3. The number of carbonyl (C=O) groups excluding carboxylic acids is 3. The fourth-order valence-corrected chi connectivity index (χ4v) is 8.56. The number of carbonyl (C=O) groups is 5. The standard InChI is InChI=1S/C41H49N9O5.C2HF3O2/c1-24-19-30(39(52)44-32-21-33-16-17-34(22-32)50(33)2)13-18-35(24)27-7-3-25(4-8-27)20-36(45-38(51)29-9-5-26(6-10-29)23-42-41(54)55)40(53)43-31-14-11-28(12-15-31)37-46-48-49-47-37;3-2(4,5)1(6)7/h3-4,7-8,11-15,18-19,26,29,32-34,36,42H,5-6,9-10,16-17,20-23H2,1-2H3,(H,43,53)(H,44,52)(H,45,51)(H,54,55)(H,46,47,48,49);(H,6,7)/t26?,29?,32?,33?,34?,36-;/m0./s1. The number of carboxylic acid groups (broad SMARTS) is 2. The van der Waals surface area contributed by atoms with Gasteiger partial charge in [-0.05, 0) is 135 Å². The first-order valence-electron chi connectivity index (χ1n) is 20.5. The molecule has 2 unspecified atom stereocenters. The van der Waals surface area contributed by atoms with Gasteiger partial charge < -0.3 is 36.4 Å². The maximum atomic E-state index is 13.8. The molecule has 0 spiro atoms. The zero-order chi connectivity index (χ0) is 44.6. The number of amides is 4. The summed E-state index contributed by atoms with van der Waals surface area (Å²) in [7, 11) is 2.20. The summed E-state index contributed by atoms with van der Waals surface area (Å²) in [4.78, 5) is 62.9. The van der Waals surface area contributed by atoms with E-state index in [-0.39, 0.29) is 42.0 Å². The van der Waals surface area contributed by atoms with Gasteiger partial charge in [0.1, 0.15) is 6.04 Å². The van der Waals surface area contributed by atoms with Crippen LogP contribution >= 0.6 is 0 Å². The van der Waals surface area contributed by atoms with E-state index in [1.165, 1.54) is 12.8 Å². The zero-order valence-corrected chi connectivity index (χ0v) is 34.2. The van der Waals surface area contributed by atoms with Crippen molar-refractivity contribution in [3.8, 4) is 22.5 Å². The number of nitrogens with zero attached hydrogens (tertiary/aromatic N) is 4. The van der Waals surface area contributed by atoms with Crippen LogP contribution in [0.5, 0.6) is 0 Å². The Hall–Kier alpha value is -6.37. The maximum absolute atomic E-state index is 13.8. The zero-order valence-electron chi connectivity index (χ0n) is 34.2. The molecule has 4 amide bonds. The van der Waals surface area contributed by atoms with Crippen molar-refractivity contribution in [1.29, 1.82) is 0 Å². The number of carboxylic acids is 1. The highest BCUT2D eigenvalue weighted by molar-refractivity contribution is 5.98. The third kappa shape index (κ3) is 11.9. The van der Waals surface area contributed by atoms with E-state index in [0.29, 0.717) is 48.5 Å². The molecule has 2 aliphatic heterocycles. The highest BCUT2D eigenvalue weighted by Crippen LogP contribution is 2.35. The van der Waals surface area contributed by atoms with Crippen molar-refractivity contribution >= 4 is 35.5 Å². The van der Waals surface area contributed by atoms with Gasteiger partial charge in [-0.25, -0.2) is 9.59 Å². The van der Waals surface area contributed by atoms with E-state index in [4.69, 9.17) is 15.0 Å². The number of rotatable bonds is 12. The van der Waals surface area contributed by atoms with Crippen LogP contribution in [0.15, 0.2) is 66.7 Å². The van der Waals surface area contributed by atoms with Gasteiger partial charge in [0.05, 0.1) is 0 Å². The molecule has 330 valence electrons. The van der Waals surface area contributed by atoms with Crippen LogP contribution in [-0.4, -0.2) is 109 Å². The number of aromatic amines is 1. The van der Waals surface area contributed by atoms with Crippen LogP contribution in [-0.2, 0) is 20.8 Å². The summed E-state index contributed by atoms with van der Waals surface area (Å²) in [6, 6.07) is 21.3. The van der Waals surface area contributed by atoms with Gasteiger partial charge in [0.25, 0.3) is 5.91 Å². The van der Waals surface area contributed by atoms with Crippen LogP contribution in [0.3, 0.4) is 0 Å². The van der Waals surface area contributed by atoms with Crippen molar-refractivity contribution in [1.82, 2.24) is 41.5 Å². The van der Waals surface area contributed by atoms with Crippen LogP contribution < -0.4 is 21.3 Å². The van der Waals surface area contributed by atoms with Gasteiger partial charge in [-0.3, -0.25) is 14.4 Å². The van der Waals surface area contributed by atoms with Crippen LogP contribution in [0.1, 0.15) is 72.9 Å². The molecule has 3 atom stereocenters. The summed E-state index contributed by atoms with van der Waals surface area (Å²) in [6.45, 7) is 2.38. The van der Waals surface area contributed by atoms with E-state index in [2.05, 4.69) is 53.8 Å². The minimum absolute atomic E-state index is 0.0310. The van der Waals surface area contributed by atoms with Crippen molar-refractivity contribution in [3.05, 3.63) is 83.4 Å². The topological polar surface area (TPSA) is 232 Å². The molecule has 3 heterocycles. The second kappa shape index (κ2) is 20.0. The van der Waals surface area contributed by atoms with Crippen molar-refractivity contribution in [2.24, 2.45) is 11.8 Å². The van der Waals surface area contributed by atoms with E-state index in [1.807, 2.05) is 49.4 Å². The minimum Gasteiger partial charge on any atom is -0.475 e. The number of halogens is 3. The molecule has 4 aromatic rings. The van der Waals surface area contributed by atoms with E-state index >= 15 is 0 Å². The Kier molecular flexibility index (Phi) is 14.6. The molecule has 1 aliphatic carbocycles. The largest absolute Gasteiger partial charge is 0.490 e. The summed E-state index contributed by atoms with van der Waals surface area (Å²) in [6.07, 6.45) is 1.26. The molecule has 3 aromatic carbocycles. The first kappa shape index (κ1) is 45.2. The summed E-state index contributed by atoms with van der Waals surface area (Å²) >= 11 is 0. The Morgan fingerprint density at radius 3 is 2.06 bits per heavy atom. The second-order valence-corrected chi connectivity index (χ2v) is 16.2. The number of fused-ring (bicyclic) bond motifs is 2. The third-order valence-corrected chi connectivity index (χ3v) is 12.0. The van der Waals surface area contributed by atoms with Crippen LogP contribution in [0.4, 0.5) is 23.7 Å². The van der Waals surface area contributed by atoms with E-state index in [1.54, 1.807) is 24.3 Å². The average Bonchev–Trinajstić information content (AvgIpc) is 3.84. The lowest BCUT2D eigenvalue weighted by molar-refractivity contribution is -0.192. The van der Waals surface area contributed by atoms with Gasteiger partial charge >= 0.3 is 18.2 Å². The molecule has 2 saturated heterocycles. The molecule has 62 heavy (non-hydrogen) atoms. The van der Waals surface area contributed by atoms with E-state index in [0.717, 1.165) is 53.5 Å². The predicted molar refractivity (Wildman–Crippen MR) is 221 cm³/mol. The Bertz CT molecular complexity index is 2180. The number of piperidine rings is 1. The van der Waals surface area contributed by atoms with Gasteiger partial charge in [-0.1, -0.05) is 30.3 Å². The number of H-pyrrole nitrogens is 1. The van der Waals surface area contributed by atoms with Gasteiger partial charge in [-0.2, -0.15) is 18.4 Å². The van der Waals surface area contributed by atoms with Crippen molar-refractivity contribution in [3.63, 3.8) is 0 Å². The molecule has 7 N–H and O–H groups in total. The number of hydrogen-bond acceptors (Lipinski definition) is 9. The van der Waals surface area contributed by atoms with Crippen molar-refractivity contribution in [2.75, 3.05) is 18.9 Å². The molecule has 3 aliphatic rings. The lowest BCUT2D eigenvalue weighted by Crippen LogP contribution is -2.48. The number of aryl methyl sites for hydroxylation is 1. The summed E-state index contributed by atoms with van der Waals surface area (Å²) < 4.78 is 31.7. The Morgan fingerprint density at radius 1 is 0.871 bits per heavy atom. The number of benzene rings is 3. The Balaban J connectivity index is 0.000000845. The molecule has 1 saturated carbocycles. The third-order valence-electron chi connectivity index (χ3n) is 12.0. The molecule has 7 rings (SSSR count). The molecule has 3 fully saturated rings. The highest BCUT2D eigenvalue weighted by Gasteiger charge is 2.39. The summed E-state index contributed by atoms with van der Waals surface area (Å²) in [5, 5.41) is 41.8. The van der Waals surface area contributed by atoms with Gasteiger partial charge in [0.15, 0.2) is 0 Å². The normalized spacial score (nSPS) is 21.4. The van der Waals surface area contributed by atoms with Gasteiger partial charge in [0, 0.05) is 53.8 Å². The molecular formula is C43H50F3N9O7. The molecule has 19 heteroatoms. The first-order chi connectivity index (χ1) is 29.5. The van der Waals surface area contributed by atoms with Crippen LogP contribution in [0.2, 0.25) is 0 Å². The SMILES string of the molecule is Cc1cc(C(=O)NC2CC3CCC(C2)N3C)ccc1-c1ccc(C[C@H](NC(=O)C2CCC(CNC(=O)O)CC2)C(=O)Nc2ccc(-c3nn[nH]n3)cc2)cc1.O=C(O)C(F)(F)F. The lowest BCUT2D eigenvalue weighted by Gasteiger charge is -2.36. The number of aliphatic carboxylic acids is 1. The summed E-state index contributed by atoms with van der Waals surface area (Å²) in [5.74, 6) is -2.96. The van der Waals surface area contributed by atoms with E-state index < -0.39 is 24.3 Å². The van der Waals surface area contributed by atoms with Crippen LogP contribution in [0.25, 0.3) is 22.5 Å². The van der Waals surface area contributed by atoms with Gasteiger partial charge in [0.2, 0.25) is 17.6 Å². The van der Waals surface area contributed by atoms with Crippen molar-refractivity contribution < 1.29 is 47.4 Å². The number of aromatic nitrogens is 4.